The highest BCUT2D eigenvalue weighted by molar-refractivity contribution is 6.39. The van der Waals surface area contributed by atoms with Gasteiger partial charge in [-0.1, -0.05) is 65.7 Å². The van der Waals surface area contributed by atoms with Gasteiger partial charge in [0.15, 0.2) is 6.29 Å². The van der Waals surface area contributed by atoms with Crippen LogP contribution in [0.4, 0.5) is 0 Å². The Bertz CT molecular complexity index is 1780. The molecular formula is C29H20Cl2N4O3. The molecule has 9 heteroatoms. The van der Waals surface area contributed by atoms with Crippen molar-refractivity contribution in [3.05, 3.63) is 105 Å². The second-order valence-electron chi connectivity index (χ2n) is 8.80. The van der Waals surface area contributed by atoms with E-state index in [0.29, 0.717) is 46.7 Å². The Morgan fingerprint density at radius 2 is 1.68 bits per heavy atom. The van der Waals surface area contributed by atoms with E-state index in [1.54, 1.807) is 18.3 Å². The first-order valence-corrected chi connectivity index (χ1v) is 12.7. The molecule has 1 aliphatic rings. The van der Waals surface area contributed by atoms with E-state index in [4.69, 9.17) is 32.9 Å². The standard InChI is InChI=1S/C29H20Cl2N4O3/c30-26-20(17-9-11-35-25(13-17)33-15-19(16-36)29(35)37)3-1-4-21(26)22-5-2-6-23(27(22)31)24-8-7-18-14-32-10-12-38-28(18)34-24/h1-9,11,13,15-16,32H,10,12,14H2. The molecule has 188 valence electrons. The molecule has 0 saturated heterocycles. The molecule has 0 aliphatic carbocycles. The van der Waals surface area contributed by atoms with Crippen LogP contribution in [0.15, 0.2) is 77.9 Å². The summed E-state index contributed by atoms with van der Waals surface area (Å²) < 4.78 is 7.15. The molecule has 0 unspecified atom stereocenters. The van der Waals surface area contributed by atoms with Crippen molar-refractivity contribution in [2.45, 2.75) is 6.54 Å². The summed E-state index contributed by atoms with van der Waals surface area (Å²) in [5, 5.41) is 4.34. The number of rotatable bonds is 4. The third kappa shape index (κ3) is 4.24. The van der Waals surface area contributed by atoms with Crippen LogP contribution in [0, 0.1) is 0 Å². The Kier molecular flexibility index (Phi) is 6.41. The van der Waals surface area contributed by atoms with Gasteiger partial charge >= 0.3 is 0 Å². The number of benzene rings is 2. The van der Waals surface area contributed by atoms with E-state index in [1.807, 2.05) is 48.5 Å². The van der Waals surface area contributed by atoms with Gasteiger partial charge in [-0.3, -0.25) is 14.0 Å². The van der Waals surface area contributed by atoms with Crippen molar-refractivity contribution in [3.63, 3.8) is 0 Å². The molecule has 0 atom stereocenters. The highest BCUT2D eigenvalue weighted by Crippen LogP contribution is 2.42. The van der Waals surface area contributed by atoms with Crippen LogP contribution in [-0.2, 0) is 6.54 Å². The fourth-order valence-electron chi connectivity index (χ4n) is 4.56. The molecule has 4 heterocycles. The first kappa shape index (κ1) is 24.3. The number of hydrogen-bond acceptors (Lipinski definition) is 6. The predicted octanol–water partition coefficient (Wildman–Crippen LogP) is 5.69. The van der Waals surface area contributed by atoms with E-state index in [-0.39, 0.29) is 5.56 Å². The van der Waals surface area contributed by atoms with Crippen molar-refractivity contribution >= 4 is 35.1 Å². The SMILES string of the molecule is O=Cc1cnc2cc(-c3cccc(-c4cccc(-c5ccc6c(n5)OCCNC6)c4Cl)c3Cl)ccn2c1=O. The number of aldehydes is 1. The number of fused-ring (bicyclic) bond motifs is 2. The topological polar surface area (TPSA) is 85.6 Å². The molecule has 5 aromatic rings. The molecule has 0 fully saturated rings. The van der Waals surface area contributed by atoms with Gasteiger partial charge in [0.05, 0.1) is 21.3 Å². The van der Waals surface area contributed by atoms with Gasteiger partial charge in [0.25, 0.3) is 5.56 Å². The number of aromatic nitrogens is 3. The van der Waals surface area contributed by atoms with Crippen LogP contribution in [0.1, 0.15) is 15.9 Å². The maximum atomic E-state index is 12.4. The third-order valence-corrected chi connectivity index (χ3v) is 7.32. The third-order valence-electron chi connectivity index (χ3n) is 6.51. The van der Waals surface area contributed by atoms with Gasteiger partial charge in [0.1, 0.15) is 12.3 Å². The van der Waals surface area contributed by atoms with E-state index in [1.165, 1.54) is 10.6 Å². The van der Waals surface area contributed by atoms with Gasteiger partial charge in [0, 0.05) is 53.3 Å². The molecule has 38 heavy (non-hydrogen) atoms. The second kappa shape index (κ2) is 10.0. The smallest absolute Gasteiger partial charge is 0.268 e. The minimum atomic E-state index is -0.423. The number of carbonyl (C=O) groups is 1. The molecule has 1 N–H and O–H groups in total. The van der Waals surface area contributed by atoms with Gasteiger partial charge in [0.2, 0.25) is 5.88 Å². The second-order valence-corrected chi connectivity index (χ2v) is 9.56. The Labute approximate surface area is 227 Å². The van der Waals surface area contributed by atoms with Gasteiger partial charge in [-0.25, -0.2) is 9.97 Å². The van der Waals surface area contributed by atoms with Crippen molar-refractivity contribution in [2.24, 2.45) is 0 Å². The van der Waals surface area contributed by atoms with Gasteiger partial charge in [-0.05, 0) is 23.8 Å². The van der Waals surface area contributed by atoms with Gasteiger partial charge in [-0.2, -0.15) is 0 Å². The normalized spacial score (nSPS) is 13.0. The monoisotopic (exact) mass is 542 g/mol. The molecule has 0 amide bonds. The summed E-state index contributed by atoms with van der Waals surface area (Å²) in [6, 6.07) is 18.9. The molecule has 6 rings (SSSR count). The number of nitrogens with one attached hydrogen (secondary N) is 1. The van der Waals surface area contributed by atoms with Gasteiger partial charge < -0.3 is 10.1 Å². The summed E-state index contributed by atoms with van der Waals surface area (Å²) in [4.78, 5) is 32.5. The quantitative estimate of drug-likeness (QED) is 0.293. The van der Waals surface area contributed by atoms with Crippen LogP contribution in [0.5, 0.6) is 5.88 Å². The van der Waals surface area contributed by atoms with Crippen molar-refractivity contribution in [1.29, 1.82) is 0 Å². The van der Waals surface area contributed by atoms with E-state index >= 15 is 0 Å². The van der Waals surface area contributed by atoms with Crippen molar-refractivity contribution in [2.75, 3.05) is 13.2 Å². The summed E-state index contributed by atoms with van der Waals surface area (Å²) in [6.45, 7) is 2.02. The average Bonchev–Trinajstić information content (AvgIpc) is 3.19. The lowest BCUT2D eigenvalue weighted by Gasteiger charge is -2.15. The summed E-state index contributed by atoms with van der Waals surface area (Å²) in [6.07, 6.45) is 3.36. The van der Waals surface area contributed by atoms with Crippen LogP contribution >= 0.6 is 23.2 Å². The van der Waals surface area contributed by atoms with Crippen LogP contribution < -0.4 is 15.6 Å². The lowest BCUT2D eigenvalue weighted by Crippen LogP contribution is -2.18. The van der Waals surface area contributed by atoms with Crippen molar-refractivity contribution in [3.8, 4) is 39.4 Å². The first-order chi connectivity index (χ1) is 18.5. The maximum Gasteiger partial charge on any atom is 0.268 e. The fourth-order valence-corrected chi connectivity index (χ4v) is 5.22. The molecule has 0 saturated carbocycles. The Hall–Kier alpha value is -4.04. The maximum absolute atomic E-state index is 12.4. The Balaban J connectivity index is 1.43. The number of halogens is 2. The van der Waals surface area contributed by atoms with Crippen molar-refractivity contribution in [1.82, 2.24) is 19.7 Å². The number of hydrogen-bond donors (Lipinski definition) is 1. The summed E-state index contributed by atoms with van der Waals surface area (Å²) in [7, 11) is 0. The van der Waals surface area contributed by atoms with Crippen LogP contribution in [0.2, 0.25) is 10.0 Å². The van der Waals surface area contributed by atoms with E-state index in [0.717, 1.165) is 39.9 Å². The lowest BCUT2D eigenvalue weighted by molar-refractivity contribution is 0.112. The van der Waals surface area contributed by atoms with Crippen LogP contribution in [0.3, 0.4) is 0 Å². The fraction of sp³-hybridized carbons (Fsp3) is 0.103. The Morgan fingerprint density at radius 3 is 2.47 bits per heavy atom. The minimum absolute atomic E-state index is 0.00277. The highest BCUT2D eigenvalue weighted by atomic mass is 35.5. The average molecular weight is 543 g/mol. The Morgan fingerprint density at radius 1 is 0.947 bits per heavy atom. The van der Waals surface area contributed by atoms with Crippen LogP contribution in [0.25, 0.3) is 39.2 Å². The highest BCUT2D eigenvalue weighted by Gasteiger charge is 2.18. The van der Waals surface area contributed by atoms with Gasteiger partial charge in [-0.15, -0.1) is 0 Å². The number of ether oxygens (including phenoxy) is 1. The number of carbonyl (C=O) groups excluding carboxylic acids is 1. The van der Waals surface area contributed by atoms with Crippen molar-refractivity contribution < 1.29 is 9.53 Å². The molecule has 0 bridgehead atoms. The molecule has 0 spiro atoms. The summed E-state index contributed by atoms with van der Waals surface area (Å²) in [5.41, 5.74) is 5.52. The molecular weight excluding hydrogens is 523 g/mol. The molecule has 1 aliphatic heterocycles. The zero-order valence-corrected chi connectivity index (χ0v) is 21.5. The van der Waals surface area contributed by atoms with E-state index < -0.39 is 5.56 Å². The minimum Gasteiger partial charge on any atom is -0.476 e. The summed E-state index contributed by atoms with van der Waals surface area (Å²) in [5.74, 6) is 0.610. The number of pyridine rings is 2. The molecule has 7 nitrogen and oxygen atoms in total. The van der Waals surface area contributed by atoms with E-state index in [9.17, 15) is 9.59 Å². The predicted molar refractivity (Wildman–Crippen MR) is 148 cm³/mol. The molecule has 2 aromatic carbocycles. The number of nitrogens with zero attached hydrogens (tertiary/aromatic N) is 3. The van der Waals surface area contributed by atoms with Crippen LogP contribution in [-0.4, -0.2) is 33.8 Å². The largest absolute Gasteiger partial charge is 0.476 e. The zero-order valence-electron chi connectivity index (χ0n) is 19.9. The zero-order chi connectivity index (χ0) is 26.2. The lowest BCUT2D eigenvalue weighted by atomic mass is 9.97. The summed E-state index contributed by atoms with van der Waals surface area (Å²) >= 11 is 13.9. The molecule has 3 aromatic heterocycles. The van der Waals surface area contributed by atoms with E-state index in [2.05, 4.69) is 10.3 Å². The molecule has 0 radical (unpaired) electrons. The first-order valence-electron chi connectivity index (χ1n) is 11.9.